The summed E-state index contributed by atoms with van der Waals surface area (Å²) in [6, 6.07) is 10.5. The predicted molar refractivity (Wildman–Crippen MR) is 80.0 cm³/mol. The summed E-state index contributed by atoms with van der Waals surface area (Å²) in [7, 11) is 0. The number of aliphatic hydroxyl groups excluding tert-OH is 1. The van der Waals surface area contributed by atoms with Crippen molar-refractivity contribution in [3.63, 3.8) is 0 Å². The van der Waals surface area contributed by atoms with E-state index in [1.54, 1.807) is 12.1 Å². The van der Waals surface area contributed by atoms with Crippen LogP contribution >= 0.6 is 0 Å². The Labute approximate surface area is 118 Å². The average molecular weight is 270 g/mol. The van der Waals surface area contributed by atoms with E-state index < -0.39 is 6.10 Å². The van der Waals surface area contributed by atoms with Crippen LogP contribution in [0.25, 0.3) is 10.8 Å². The molecular weight excluding hydrogens is 251 g/mol. The van der Waals surface area contributed by atoms with Crippen LogP contribution in [0, 0.1) is 5.82 Å². The fraction of sp³-hybridized carbons (Fsp3) is 0.333. The first kappa shape index (κ1) is 13.3. The van der Waals surface area contributed by atoms with Crippen LogP contribution in [0.15, 0.2) is 48.0 Å². The Balaban J connectivity index is 2.05. The minimum Gasteiger partial charge on any atom is -0.384 e. The molecule has 2 aromatic rings. The summed E-state index contributed by atoms with van der Waals surface area (Å²) in [5.74, 6) is -0.230. The zero-order valence-corrected chi connectivity index (χ0v) is 11.5. The van der Waals surface area contributed by atoms with Gasteiger partial charge in [-0.15, -0.1) is 0 Å². The SMILES string of the molecule is OC(C1=CCCCCC1)c1ccc(F)c2ccccc12. The van der Waals surface area contributed by atoms with Gasteiger partial charge in [0.2, 0.25) is 0 Å². The third-order valence-electron chi connectivity index (χ3n) is 4.13. The van der Waals surface area contributed by atoms with Crippen molar-refractivity contribution in [2.24, 2.45) is 0 Å². The summed E-state index contributed by atoms with van der Waals surface area (Å²) in [5, 5.41) is 12.1. The van der Waals surface area contributed by atoms with E-state index in [0.29, 0.717) is 5.39 Å². The van der Waals surface area contributed by atoms with Crippen molar-refractivity contribution in [1.82, 2.24) is 0 Å². The fourth-order valence-electron chi connectivity index (χ4n) is 3.01. The maximum atomic E-state index is 13.8. The zero-order valence-electron chi connectivity index (χ0n) is 11.5. The Hall–Kier alpha value is -1.67. The van der Waals surface area contributed by atoms with Crippen LogP contribution in [0.5, 0.6) is 0 Å². The maximum Gasteiger partial charge on any atom is 0.131 e. The Morgan fingerprint density at radius 2 is 1.75 bits per heavy atom. The fourth-order valence-corrected chi connectivity index (χ4v) is 3.01. The molecule has 0 radical (unpaired) electrons. The molecule has 0 saturated heterocycles. The van der Waals surface area contributed by atoms with Gasteiger partial charge in [-0.3, -0.25) is 0 Å². The lowest BCUT2D eigenvalue weighted by Crippen LogP contribution is -2.03. The molecule has 0 saturated carbocycles. The van der Waals surface area contributed by atoms with E-state index in [4.69, 9.17) is 0 Å². The molecule has 104 valence electrons. The molecule has 0 fully saturated rings. The van der Waals surface area contributed by atoms with Gasteiger partial charge in [-0.2, -0.15) is 0 Å². The van der Waals surface area contributed by atoms with E-state index >= 15 is 0 Å². The van der Waals surface area contributed by atoms with Crippen molar-refractivity contribution in [2.45, 2.75) is 38.2 Å². The lowest BCUT2D eigenvalue weighted by atomic mass is 9.93. The highest BCUT2D eigenvalue weighted by atomic mass is 19.1. The van der Waals surface area contributed by atoms with Gasteiger partial charge in [0.25, 0.3) is 0 Å². The first-order chi connectivity index (χ1) is 9.77. The second-order valence-electron chi connectivity index (χ2n) is 5.46. The lowest BCUT2D eigenvalue weighted by molar-refractivity contribution is 0.212. The molecule has 20 heavy (non-hydrogen) atoms. The quantitative estimate of drug-likeness (QED) is 0.769. The molecule has 0 aliphatic heterocycles. The van der Waals surface area contributed by atoms with Gasteiger partial charge in [0.1, 0.15) is 11.9 Å². The lowest BCUT2D eigenvalue weighted by Gasteiger charge is -2.17. The highest BCUT2D eigenvalue weighted by molar-refractivity contribution is 5.86. The minimum atomic E-state index is -0.612. The summed E-state index contributed by atoms with van der Waals surface area (Å²) in [6.07, 6.45) is 7.06. The molecule has 3 rings (SSSR count). The number of fused-ring (bicyclic) bond motifs is 1. The van der Waals surface area contributed by atoms with Crippen LogP contribution in [0.1, 0.15) is 43.8 Å². The third-order valence-corrected chi connectivity index (χ3v) is 4.13. The molecule has 0 aromatic heterocycles. The number of rotatable bonds is 2. The van der Waals surface area contributed by atoms with E-state index in [9.17, 15) is 9.50 Å². The van der Waals surface area contributed by atoms with Crippen LogP contribution in [0.3, 0.4) is 0 Å². The summed E-state index contributed by atoms with van der Waals surface area (Å²) in [5.41, 5.74) is 1.90. The second kappa shape index (κ2) is 5.76. The topological polar surface area (TPSA) is 20.2 Å². The van der Waals surface area contributed by atoms with E-state index in [1.165, 1.54) is 18.9 Å². The monoisotopic (exact) mass is 270 g/mol. The van der Waals surface area contributed by atoms with Crippen LogP contribution in [0.2, 0.25) is 0 Å². The summed E-state index contributed by atoms with van der Waals surface area (Å²) in [4.78, 5) is 0. The summed E-state index contributed by atoms with van der Waals surface area (Å²) in [6.45, 7) is 0. The van der Waals surface area contributed by atoms with Gasteiger partial charge >= 0.3 is 0 Å². The predicted octanol–water partition coefficient (Wildman–Crippen LogP) is 4.90. The Bertz CT molecular complexity index is 645. The summed E-state index contributed by atoms with van der Waals surface area (Å²) >= 11 is 0. The molecule has 0 spiro atoms. The number of hydrogen-bond donors (Lipinski definition) is 1. The van der Waals surface area contributed by atoms with Gasteiger partial charge in [-0.25, -0.2) is 4.39 Å². The van der Waals surface area contributed by atoms with Crippen molar-refractivity contribution < 1.29 is 9.50 Å². The number of halogens is 1. The molecule has 2 aromatic carbocycles. The van der Waals surface area contributed by atoms with E-state index in [1.807, 2.05) is 18.2 Å². The van der Waals surface area contributed by atoms with Gasteiger partial charge in [-0.05, 0) is 48.3 Å². The van der Waals surface area contributed by atoms with Crippen LogP contribution < -0.4 is 0 Å². The van der Waals surface area contributed by atoms with Gasteiger partial charge in [0, 0.05) is 5.39 Å². The smallest absolute Gasteiger partial charge is 0.131 e. The molecule has 0 amide bonds. The van der Waals surface area contributed by atoms with Crippen molar-refractivity contribution in [2.75, 3.05) is 0 Å². The largest absolute Gasteiger partial charge is 0.384 e. The number of aliphatic hydroxyl groups is 1. The first-order valence-corrected chi connectivity index (χ1v) is 7.31. The maximum absolute atomic E-state index is 13.8. The van der Waals surface area contributed by atoms with E-state index in [-0.39, 0.29) is 5.82 Å². The molecule has 1 unspecified atom stereocenters. The van der Waals surface area contributed by atoms with Crippen molar-refractivity contribution in [3.8, 4) is 0 Å². The van der Waals surface area contributed by atoms with Crippen LogP contribution in [0.4, 0.5) is 4.39 Å². The number of benzene rings is 2. The molecule has 1 nitrogen and oxygen atoms in total. The van der Waals surface area contributed by atoms with Gasteiger partial charge in [0.15, 0.2) is 0 Å². The molecule has 1 atom stereocenters. The summed E-state index contributed by atoms with van der Waals surface area (Å²) < 4.78 is 13.8. The van der Waals surface area contributed by atoms with E-state index in [0.717, 1.165) is 35.8 Å². The first-order valence-electron chi connectivity index (χ1n) is 7.31. The molecule has 1 aliphatic rings. The number of hydrogen-bond acceptors (Lipinski definition) is 1. The molecule has 0 bridgehead atoms. The van der Waals surface area contributed by atoms with Gasteiger partial charge < -0.3 is 5.11 Å². The zero-order chi connectivity index (χ0) is 13.9. The number of allylic oxidation sites excluding steroid dienone is 1. The van der Waals surface area contributed by atoms with Crippen LogP contribution in [-0.4, -0.2) is 5.11 Å². The van der Waals surface area contributed by atoms with Crippen LogP contribution in [-0.2, 0) is 0 Å². The normalized spacial score (nSPS) is 17.6. The van der Waals surface area contributed by atoms with E-state index in [2.05, 4.69) is 6.08 Å². The van der Waals surface area contributed by atoms with Gasteiger partial charge in [0.05, 0.1) is 0 Å². The van der Waals surface area contributed by atoms with Crippen molar-refractivity contribution in [3.05, 3.63) is 59.4 Å². The highest BCUT2D eigenvalue weighted by Crippen LogP contribution is 2.33. The average Bonchev–Trinajstić information content (AvgIpc) is 2.76. The third kappa shape index (κ3) is 2.48. The Morgan fingerprint density at radius 3 is 2.60 bits per heavy atom. The standard InChI is InChI=1S/C18H19FO/c19-17-12-11-16(14-9-5-6-10-15(14)17)18(20)13-7-3-1-2-4-8-13/h5-7,9-12,18,20H,1-4,8H2. The molecule has 2 heteroatoms. The highest BCUT2D eigenvalue weighted by Gasteiger charge is 2.18. The van der Waals surface area contributed by atoms with Gasteiger partial charge in [-0.1, -0.05) is 42.8 Å². The Morgan fingerprint density at radius 1 is 0.950 bits per heavy atom. The molecule has 1 aliphatic carbocycles. The Kier molecular flexibility index (Phi) is 3.83. The molecule has 1 N–H and O–H groups in total. The van der Waals surface area contributed by atoms with Crippen molar-refractivity contribution >= 4 is 10.8 Å². The second-order valence-corrected chi connectivity index (χ2v) is 5.46. The van der Waals surface area contributed by atoms with Crippen molar-refractivity contribution in [1.29, 1.82) is 0 Å². The molecular formula is C18H19FO. The molecule has 0 heterocycles. The minimum absolute atomic E-state index is 0.230.